The van der Waals surface area contributed by atoms with Crippen molar-refractivity contribution in [1.82, 2.24) is 0 Å². The van der Waals surface area contributed by atoms with Crippen molar-refractivity contribution in [2.24, 2.45) is 23.7 Å². The van der Waals surface area contributed by atoms with E-state index in [-0.39, 0.29) is 0 Å². The zero-order valence-corrected chi connectivity index (χ0v) is 17.9. The van der Waals surface area contributed by atoms with Crippen molar-refractivity contribution in [3.8, 4) is 5.75 Å². The molecule has 0 heterocycles. The van der Waals surface area contributed by atoms with Gasteiger partial charge in [-0.15, -0.1) is 0 Å². The number of hydrogen-bond acceptors (Lipinski definition) is 1. The summed E-state index contributed by atoms with van der Waals surface area (Å²) in [5, 5.41) is 0. The van der Waals surface area contributed by atoms with Crippen molar-refractivity contribution in [2.45, 2.75) is 97.3 Å². The molecule has 0 saturated heterocycles. The van der Waals surface area contributed by atoms with Crippen LogP contribution in [-0.4, -0.2) is 6.61 Å². The second-order valence-corrected chi connectivity index (χ2v) is 9.38. The number of hydrogen-bond donors (Lipinski definition) is 0. The van der Waals surface area contributed by atoms with Crippen molar-refractivity contribution in [3.63, 3.8) is 0 Å². The highest BCUT2D eigenvalue weighted by Crippen LogP contribution is 2.42. The summed E-state index contributed by atoms with van der Waals surface area (Å²) in [7, 11) is 0. The first kappa shape index (κ1) is 20.7. The number of aryl methyl sites for hydroxylation is 1. The molecule has 152 valence electrons. The van der Waals surface area contributed by atoms with Crippen molar-refractivity contribution in [2.75, 3.05) is 6.61 Å². The predicted molar refractivity (Wildman–Crippen MR) is 116 cm³/mol. The topological polar surface area (TPSA) is 9.23 Å². The van der Waals surface area contributed by atoms with E-state index in [0.29, 0.717) is 0 Å². The van der Waals surface area contributed by atoms with Crippen molar-refractivity contribution >= 4 is 0 Å². The average Bonchev–Trinajstić information content (AvgIpc) is 2.73. The van der Waals surface area contributed by atoms with Gasteiger partial charge in [-0.25, -0.2) is 0 Å². The maximum Gasteiger partial charge on any atom is 0.119 e. The molecule has 2 saturated carbocycles. The van der Waals surface area contributed by atoms with E-state index < -0.39 is 0 Å². The molecule has 1 nitrogen and oxygen atoms in total. The van der Waals surface area contributed by atoms with E-state index in [0.717, 1.165) is 42.4 Å². The Morgan fingerprint density at radius 1 is 0.704 bits per heavy atom. The van der Waals surface area contributed by atoms with Crippen LogP contribution in [0, 0.1) is 23.7 Å². The van der Waals surface area contributed by atoms with Crippen LogP contribution in [0.1, 0.15) is 96.5 Å². The van der Waals surface area contributed by atoms with Crippen LogP contribution < -0.4 is 4.74 Å². The summed E-state index contributed by atoms with van der Waals surface area (Å²) in [5.41, 5.74) is 1.48. The lowest BCUT2D eigenvalue weighted by Crippen LogP contribution is -2.26. The lowest BCUT2D eigenvalue weighted by molar-refractivity contribution is 0.141. The maximum atomic E-state index is 5.69. The van der Waals surface area contributed by atoms with Crippen LogP contribution in [0.15, 0.2) is 24.3 Å². The lowest BCUT2D eigenvalue weighted by Gasteiger charge is -2.38. The predicted octanol–water partition coefficient (Wildman–Crippen LogP) is 7.82. The largest absolute Gasteiger partial charge is 0.494 e. The summed E-state index contributed by atoms with van der Waals surface area (Å²) >= 11 is 0. The van der Waals surface area contributed by atoms with Crippen molar-refractivity contribution in [3.05, 3.63) is 29.8 Å². The van der Waals surface area contributed by atoms with Gasteiger partial charge in [-0.1, -0.05) is 64.5 Å². The van der Waals surface area contributed by atoms with Crippen molar-refractivity contribution in [1.29, 1.82) is 0 Å². The van der Waals surface area contributed by atoms with Crippen molar-refractivity contribution < 1.29 is 4.74 Å². The summed E-state index contributed by atoms with van der Waals surface area (Å²) in [4.78, 5) is 0. The van der Waals surface area contributed by atoms with E-state index in [1.165, 1.54) is 82.6 Å². The molecule has 1 aromatic rings. The highest BCUT2D eigenvalue weighted by molar-refractivity contribution is 5.27. The van der Waals surface area contributed by atoms with Crippen LogP contribution in [-0.2, 0) is 6.42 Å². The highest BCUT2D eigenvalue weighted by atomic mass is 16.5. The molecule has 0 N–H and O–H groups in total. The van der Waals surface area contributed by atoms with Gasteiger partial charge in [0.15, 0.2) is 0 Å². The number of benzene rings is 1. The first-order valence-corrected chi connectivity index (χ1v) is 12.0. The first-order valence-electron chi connectivity index (χ1n) is 12.0. The Morgan fingerprint density at radius 3 is 1.78 bits per heavy atom. The molecule has 3 rings (SSSR count). The molecular weight excluding hydrogens is 328 g/mol. The minimum absolute atomic E-state index is 0.822. The standard InChI is InChI=1S/C26H42O/c1-3-5-21-8-14-24(15-9-21)25-16-10-22(11-17-25)6-7-23-12-18-26(19-13-23)27-20-4-2/h12-13,18-19,21-22,24-25H,3-11,14-17,20H2,1-2H3/t21-,22-,24-,25-. The molecule has 1 heteroatoms. The minimum Gasteiger partial charge on any atom is -0.494 e. The first-order chi connectivity index (χ1) is 13.3. The van der Waals surface area contributed by atoms with Gasteiger partial charge in [-0.05, 0) is 86.3 Å². The summed E-state index contributed by atoms with van der Waals surface area (Å²) in [6, 6.07) is 8.84. The van der Waals surface area contributed by atoms with Gasteiger partial charge in [0.1, 0.15) is 5.75 Å². The van der Waals surface area contributed by atoms with Gasteiger partial charge >= 0.3 is 0 Å². The number of rotatable bonds is 9. The second-order valence-electron chi connectivity index (χ2n) is 9.38. The summed E-state index contributed by atoms with van der Waals surface area (Å²) < 4.78 is 5.69. The van der Waals surface area contributed by atoms with Gasteiger partial charge in [0, 0.05) is 0 Å². The molecule has 0 bridgehead atoms. The molecule has 0 aromatic heterocycles. The van der Waals surface area contributed by atoms with Gasteiger partial charge < -0.3 is 4.74 Å². The zero-order chi connectivity index (χ0) is 18.9. The molecule has 0 radical (unpaired) electrons. The third-order valence-electron chi connectivity index (χ3n) is 7.38. The average molecular weight is 371 g/mol. The Hall–Kier alpha value is -0.980. The van der Waals surface area contributed by atoms with Crippen LogP contribution in [0.25, 0.3) is 0 Å². The third-order valence-corrected chi connectivity index (χ3v) is 7.38. The molecule has 2 aliphatic rings. The fraction of sp³-hybridized carbons (Fsp3) is 0.769. The smallest absolute Gasteiger partial charge is 0.119 e. The van der Waals surface area contributed by atoms with E-state index in [2.05, 4.69) is 38.1 Å². The summed E-state index contributed by atoms with van der Waals surface area (Å²) in [6.45, 7) is 5.32. The Bertz CT molecular complexity index is 504. The molecule has 0 atom stereocenters. The van der Waals surface area contributed by atoms with Gasteiger partial charge in [0.25, 0.3) is 0 Å². The van der Waals surface area contributed by atoms with Gasteiger partial charge in [-0.3, -0.25) is 0 Å². The Kier molecular flexibility index (Phi) is 8.55. The SMILES string of the molecule is CCCOc1ccc(CC[C@H]2CC[C@H]([C@H]3CC[C@H](CCC)CC3)CC2)cc1. The maximum absolute atomic E-state index is 5.69. The minimum atomic E-state index is 0.822. The van der Waals surface area contributed by atoms with Crippen LogP contribution in [0.5, 0.6) is 5.75 Å². The van der Waals surface area contributed by atoms with Crippen LogP contribution in [0.3, 0.4) is 0 Å². The summed E-state index contributed by atoms with van der Waals surface area (Å²) in [6.07, 6.45) is 18.7. The molecular formula is C26H42O. The van der Waals surface area contributed by atoms with Crippen LogP contribution >= 0.6 is 0 Å². The monoisotopic (exact) mass is 370 g/mol. The van der Waals surface area contributed by atoms with E-state index in [9.17, 15) is 0 Å². The fourth-order valence-electron chi connectivity index (χ4n) is 5.65. The summed E-state index contributed by atoms with van der Waals surface area (Å²) in [5.74, 6) is 5.17. The zero-order valence-electron chi connectivity index (χ0n) is 17.9. The fourth-order valence-corrected chi connectivity index (χ4v) is 5.65. The molecule has 1 aromatic carbocycles. The second kappa shape index (κ2) is 11.1. The molecule has 0 unspecified atom stereocenters. The van der Waals surface area contributed by atoms with E-state index in [1.54, 1.807) is 0 Å². The van der Waals surface area contributed by atoms with E-state index in [4.69, 9.17) is 4.74 Å². The third kappa shape index (κ3) is 6.54. The molecule has 27 heavy (non-hydrogen) atoms. The van der Waals surface area contributed by atoms with Gasteiger partial charge in [-0.2, -0.15) is 0 Å². The lowest BCUT2D eigenvalue weighted by atomic mass is 9.68. The van der Waals surface area contributed by atoms with Crippen LogP contribution in [0.2, 0.25) is 0 Å². The normalized spacial score (nSPS) is 28.8. The Morgan fingerprint density at radius 2 is 1.26 bits per heavy atom. The Labute approximate surface area is 168 Å². The molecule has 0 aliphatic heterocycles. The van der Waals surface area contributed by atoms with E-state index >= 15 is 0 Å². The molecule has 2 fully saturated rings. The molecule has 0 amide bonds. The van der Waals surface area contributed by atoms with E-state index in [1.807, 2.05) is 0 Å². The number of ether oxygens (including phenoxy) is 1. The quantitative estimate of drug-likeness (QED) is 0.430. The highest BCUT2D eigenvalue weighted by Gasteiger charge is 2.30. The van der Waals surface area contributed by atoms with Crippen LogP contribution in [0.4, 0.5) is 0 Å². The molecule has 2 aliphatic carbocycles. The Balaban J connectivity index is 1.34. The molecule has 0 spiro atoms. The van der Waals surface area contributed by atoms with Gasteiger partial charge in [0.2, 0.25) is 0 Å². The van der Waals surface area contributed by atoms with Gasteiger partial charge in [0.05, 0.1) is 6.61 Å².